The number of rotatable bonds is 6. The maximum absolute atomic E-state index is 4.18. The summed E-state index contributed by atoms with van der Waals surface area (Å²) < 4.78 is 1.94. The van der Waals surface area contributed by atoms with E-state index in [1.807, 2.05) is 4.68 Å². The summed E-state index contributed by atoms with van der Waals surface area (Å²) in [6.07, 6.45) is 4.55. The van der Waals surface area contributed by atoms with Crippen LogP contribution in [0, 0.1) is 5.92 Å². The second-order valence-electron chi connectivity index (χ2n) is 3.89. The number of hydrogen-bond acceptors (Lipinski definition) is 3. The molecule has 1 N–H and O–H groups in total. The van der Waals surface area contributed by atoms with E-state index in [9.17, 15) is 0 Å². The molecular formula is C10H20N4. The van der Waals surface area contributed by atoms with Gasteiger partial charge in [0.2, 0.25) is 0 Å². The fourth-order valence-electron chi connectivity index (χ4n) is 1.45. The molecule has 80 valence electrons. The van der Waals surface area contributed by atoms with Gasteiger partial charge in [-0.25, -0.2) is 9.67 Å². The molecule has 14 heavy (non-hydrogen) atoms. The number of nitrogens with zero attached hydrogens (tertiary/aromatic N) is 3. The Bertz CT molecular complexity index is 230. The fourth-order valence-corrected chi connectivity index (χ4v) is 1.45. The molecule has 1 aromatic heterocycles. The first-order valence-electron chi connectivity index (χ1n) is 5.30. The summed E-state index contributed by atoms with van der Waals surface area (Å²) in [6.45, 7) is 8.62. The van der Waals surface area contributed by atoms with E-state index >= 15 is 0 Å². The Hall–Kier alpha value is -0.900. The van der Waals surface area contributed by atoms with Crippen LogP contribution in [-0.4, -0.2) is 27.9 Å². The monoisotopic (exact) mass is 196 g/mol. The van der Waals surface area contributed by atoms with Crippen molar-refractivity contribution in [2.75, 3.05) is 13.1 Å². The van der Waals surface area contributed by atoms with Crippen molar-refractivity contribution >= 4 is 0 Å². The summed E-state index contributed by atoms with van der Waals surface area (Å²) in [5.74, 6) is 0.570. The lowest BCUT2D eigenvalue weighted by Gasteiger charge is -2.21. The first-order chi connectivity index (χ1) is 6.75. The predicted molar refractivity (Wildman–Crippen MR) is 57.1 cm³/mol. The maximum Gasteiger partial charge on any atom is 0.137 e. The van der Waals surface area contributed by atoms with Gasteiger partial charge in [0.1, 0.15) is 12.7 Å². The minimum Gasteiger partial charge on any atom is -0.315 e. The van der Waals surface area contributed by atoms with Crippen molar-refractivity contribution < 1.29 is 0 Å². The Kier molecular flexibility index (Phi) is 4.59. The lowest BCUT2D eigenvalue weighted by atomic mass is 10.1. The van der Waals surface area contributed by atoms with Crippen LogP contribution in [0.25, 0.3) is 0 Å². The van der Waals surface area contributed by atoms with Gasteiger partial charge >= 0.3 is 0 Å². The molecule has 0 saturated heterocycles. The first kappa shape index (κ1) is 11.2. The number of hydrogen-bond donors (Lipinski definition) is 1. The summed E-state index contributed by atoms with van der Waals surface area (Å²) in [5, 5.41) is 7.60. The van der Waals surface area contributed by atoms with Gasteiger partial charge < -0.3 is 5.32 Å². The summed E-state index contributed by atoms with van der Waals surface area (Å²) >= 11 is 0. The van der Waals surface area contributed by atoms with Crippen LogP contribution >= 0.6 is 0 Å². The van der Waals surface area contributed by atoms with Crippen LogP contribution in [-0.2, 0) is 0 Å². The second-order valence-corrected chi connectivity index (χ2v) is 3.89. The van der Waals surface area contributed by atoms with Crippen LogP contribution in [0.3, 0.4) is 0 Å². The van der Waals surface area contributed by atoms with Crippen molar-refractivity contribution in [3.05, 3.63) is 12.7 Å². The van der Waals surface area contributed by atoms with E-state index < -0.39 is 0 Å². The normalized spacial score (nSPS) is 13.4. The van der Waals surface area contributed by atoms with Gasteiger partial charge in [-0.3, -0.25) is 0 Å². The fraction of sp³-hybridized carbons (Fsp3) is 0.800. The molecule has 1 unspecified atom stereocenters. The summed E-state index contributed by atoms with van der Waals surface area (Å²) in [5.41, 5.74) is 0. The van der Waals surface area contributed by atoms with Crippen molar-refractivity contribution in [1.29, 1.82) is 0 Å². The quantitative estimate of drug-likeness (QED) is 0.701. The minimum atomic E-state index is 0.407. The average Bonchev–Trinajstić information content (AvgIpc) is 2.64. The van der Waals surface area contributed by atoms with Gasteiger partial charge in [0.15, 0.2) is 0 Å². The highest BCUT2D eigenvalue weighted by Crippen LogP contribution is 2.14. The molecule has 0 aliphatic rings. The molecule has 1 aromatic rings. The van der Waals surface area contributed by atoms with Crippen molar-refractivity contribution in [2.24, 2.45) is 5.92 Å². The third-order valence-electron chi connectivity index (χ3n) is 2.33. The lowest BCUT2D eigenvalue weighted by Crippen LogP contribution is -2.29. The number of nitrogens with one attached hydrogen (secondary N) is 1. The van der Waals surface area contributed by atoms with Crippen LogP contribution in [0.4, 0.5) is 0 Å². The zero-order chi connectivity index (χ0) is 10.4. The van der Waals surface area contributed by atoms with Crippen molar-refractivity contribution in [2.45, 2.75) is 33.2 Å². The van der Waals surface area contributed by atoms with E-state index in [4.69, 9.17) is 0 Å². The van der Waals surface area contributed by atoms with Crippen LogP contribution in [0.2, 0.25) is 0 Å². The lowest BCUT2D eigenvalue weighted by molar-refractivity contribution is 0.330. The van der Waals surface area contributed by atoms with Crippen molar-refractivity contribution in [3.63, 3.8) is 0 Å². The van der Waals surface area contributed by atoms with Crippen molar-refractivity contribution in [1.82, 2.24) is 20.1 Å². The molecule has 1 atom stereocenters. The maximum atomic E-state index is 4.18. The van der Waals surface area contributed by atoms with Gasteiger partial charge in [0, 0.05) is 6.54 Å². The molecule has 0 fully saturated rings. The van der Waals surface area contributed by atoms with Crippen LogP contribution in [0.1, 0.15) is 33.2 Å². The topological polar surface area (TPSA) is 42.7 Å². The molecule has 0 amide bonds. The van der Waals surface area contributed by atoms with Crippen molar-refractivity contribution in [3.8, 4) is 0 Å². The van der Waals surface area contributed by atoms with Gasteiger partial charge in [-0.1, -0.05) is 20.8 Å². The van der Waals surface area contributed by atoms with E-state index in [2.05, 4.69) is 36.2 Å². The summed E-state index contributed by atoms with van der Waals surface area (Å²) in [7, 11) is 0. The molecule has 4 nitrogen and oxygen atoms in total. The SMILES string of the molecule is CCCNCC(C(C)C)n1cncn1. The first-order valence-corrected chi connectivity index (χ1v) is 5.30. The van der Waals surface area contributed by atoms with E-state index in [0.717, 1.165) is 13.1 Å². The molecule has 0 aliphatic heterocycles. The molecule has 0 saturated carbocycles. The minimum absolute atomic E-state index is 0.407. The molecule has 0 spiro atoms. The van der Waals surface area contributed by atoms with E-state index in [1.54, 1.807) is 12.7 Å². The highest BCUT2D eigenvalue weighted by atomic mass is 15.3. The molecule has 0 aromatic carbocycles. The predicted octanol–water partition coefficient (Wildman–Crippen LogP) is 1.47. The Morgan fingerprint density at radius 1 is 1.43 bits per heavy atom. The zero-order valence-electron chi connectivity index (χ0n) is 9.27. The van der Waals surface area contributed by atoms with Crippen LogP contribution < -0.4 is 5.32 Å². The Morgan fingerprint density at radius 2 is 2.21 bits per heavy atom. The highest BCUT2D eigenvalue weighted by molar-refractivity contribution is 4.73. The molecule has 0 radical (unpaired) electrons. The van der Waals surface area contributed by atoms with E-state index in [0.29, 0.717) is 12.0 Å². The van der Waals surface area contributed by atoms with Crippen LogP contribution in [0.15, 0.2) is 12.7 Å². The highest BCUT2D eigenvalue weighted by Gasteiger charge is 2.14. The summed E-state index contributed by atoms with van der Waals surface area (Å²) in [4.78, 5) is 3.98. The smallest absolute Gasteiger partial charge is 0.137 e. The third-order valence-corrected chi connectivity index (χ3v) is 2.33. The second kappa shape index (κ2) is 5.75. The zero-order valence-corrected chi connectivity index (χ0v) is 9.27. The van der Waals surface area contributed by atoms with Crippen LogP contribution in [0.5, 0.6) is 0 Å². The molecule has 4 heteroatoms. The van der Waals surface area contributed by atoms with E-state index in [1.165, 1.54) is 6.42 Å². The van der Waals surface area contributed by atoms with Gasteiger partial charge in [-0.15, -0.1) is 0 Å². The molecule has 1 heterocycles. The average molecular weight is 196 g/mol. The van der Waals surface area contributed by atoms with Gasteiger partial charge in [-0.2, -0.15) is 5.10 Å². The number of aromatic nitrogens is 3. The van der Waals surface area contributed by atoms with E-state index in [-0.39, 0.29) is 0 Å². The van der Waals surface area contributed by atoms with Gasteiger partial charge in [0.25, 0.3) is 0 Å². The Labute approximate surface area is 85.7 Å². The summed E-state index contributed by atoms with van der Waals surface area (Å²) in [6, 6.07) is 0.407. The Balaban J connectivity index is 2.48. The molecule has 0 aliphatic carbocycles. The molecule has 1 rings (SSSR count). The molecular weight excluding hydrogens is 176 g/mol. The largest absolute Gasteiger partial charge is 0.315 e. The third kappa shape index (κ3) is 3.10. The van der Waals surface area contributed by atoms with Gasteiger partial charge in [-0.05, 0) is 18.9 Å². The van der Waals surface area contributed by atoms with Gasteiger partial charge in [0.05, 0.1) is 6.04 Å². The standard InChI is InChI=1S/C10H20N4/c1-4-5-11-6-10(9(2)3)14-8-12-7-13-14/h7-11H,4-6H2,1-3H3. The Morgan fingerprint density at radius 3 is 2.71 bits per heavy atom. The molecule has 0 bridgehead atoms.